The summed E-state index contributed by atoms with van der Waals surface area (Å²) in [6.45, 7) is 10.6. The molecule has 0 bridgehead atoms. The molecule has 0 aromatic rings. The summed E-state index contributed by atoms with van der Waals surface area (Å²) in [4.78, 5) is 24.7. The van der Waals surface area contributed by atoms with Crippen LogP contribution in [0.4, 0.5) is 9.59 Å². The fourth-order valence-electron chi connectivity index (χ4n) is 1.86. The standard InChI is InChI=1S/C14H27N3O6S/c1-13(2,3)22-11(18)17(12(19)23-14(4,5)6)24(20,21)16-9-7-15-8-10-16/h15H,7-10H2,1-6H3. The lowest BCUT2D eigenvalue weighted by atomic mass is 10.2. The molecule has 0 spiro atoms. The van der Waals surface area contributed by atoms with Crippen LogP contribution in [0.2, 0.25) is 0 Å². The van der Waals surface area contributed by atoms with Gasteiger partial charge >= 0.3 is 22.4 Å². The molecule has 9 nitrogen and oxygen atoms in total. The Morgan fingerprint density at radius 3 is 1.62 bits per heavy atom. The number of carbonyl (C=O) groups is 2. The van der Waals surface area contributed by atoms with Gasteiger partial charge < -0.3 is 14.8 Å². The van der Waals surface area contributed by atoms with Crippen LogP contribution in [0, 0.1) is 0 Å². The minimum absolute atomic E-state index is 0.0643. The predicted octanol–water partition coefficient (Wildman–Crippen LogP) is 1.31. The summed E-state index contributed by atoms with van der Waals surface area (Å²) in [7, 11) is -4.39. The molecular weight excluding hydrogens is 338 g/mol. The van der Waals surface area contributed by atoms with E-state index in [4.69, 9.17) is 9.47 Å². The highest BCUT2D eigenvalue weighted by Gasteiger charge is 2.43. The summed E-state index contributed by atoms with van der Waals surface area (Å²) in [6.07, 6.45) is -2.56. The van der Waals surface area contributed by atoms with E-state index in [9.17, 15) is 18.0 Å². The molecule has 1 heterocycles. The van der Waals surface area contributed by atoms with Gasteiger partial charge in [-0.1, -0.05) is 4.31 Å². The van der Waals surface area contributed by atoms with Crippen LogP contribution in [0.5, 0.6) is 0 Å². The normalized spacial score (nSPS) is 17.2. The van der Waals surface area contributed by atoms with Crippen molar-refractivity contribution in [1.82, 2.24) is 13.9 Å². The minimum Gasteiger partial charge on any atom is -0.443 e. The van der Waals surface area contributed by atoms with E-state index in [1.165, 1.54) is 0 Å². The van der Waals surface area contributed by atoms with Crippen LogP contribution in [-0.2, 0) is 19.7 Å². The number of carbonyl (C=O) groups excluding carboxylic acids is 2. The first-order valence-corrected chi connectivity index (χ1v) is 9.11. The Kier molecular flexibility index (Phi) is 6.23. The highest BCUT2D eigenvalue weighted by Crippen LogP contribution is 2.19. The van der Waals surface area contributed by atoms with Crippen LogP contribution in [0.25, 0.3) is 0 Å². The van der Waals surface area contributed by atoms with Gasteiger partial charge in [0.05, 0.1) is 0 Å². The van der Waals surface area contributed by atoms with Crippen LogP contribution < -0.4 is 5.32 Å². The molecular formula is C14H27N3O6S. The predicted molar refractivity (Wildman–Crippen MR) is 87.7 cm³/mol. The number of ether oxygens (including phenoxy) is 2. The summed E-state index contributed by atoms with van der Waals surface area (Å²) in [5.74, 6) is 0. The van der Waals surface area contributed by atoms with E-state index in [2.05, 4.69) is 5.32 Å². The lowest BCUT2D eigenvalue weighted by molar-refractivity contribution is 0.0163. The van der Waals surface area contributed by atoms with Crippen LogP contribution in [0.3, 0.4) is 0 Å². The summed E-state index contributed by atoms with van der Waals surface area (Å²) in [6, 6.07) is 0. The van der Waals surface area contributed by atoms with Crippen LogP contribution >= 0.6 is 0 Å². The number of amides is 2. The molecule has 0 saturated carbocycles. The Morgan fingerprint density at radius 2 is 1.29 bits per heavy atom. The van der Waals surface area contributed by atoms with Crippen molar-refractivity contribution < 1.29 is 27.5 Å². The summed E-state index contributed by atoms with van der Waals surface area (Å²) < 4.78 is 36.8. The molecule has 1 aliphatic rings. The number of imide groups is 1. The van der Waals surface area contributed by atoms with Gasteiger partial charge in [-0.15, -0.1) is 0 Å². The van der Waals surface area contributed by atoms with Gasteiger partial charge in [0.25, 0.3) is 0 Å². The maximum Gasteiger partial charge on any atom is 0.435 e. The molecule has 140 valence electrons. The smallest absolute Gasteiger partial charge is 0.435 e. The van der Waals surface area contributed by atoms with Crippen molar-refractivity contribution in [2.24, 2.45) is 0 Å². The quantitative estimate of drug-likeness (QED) is 0.786. The van der Waals surface area contributed by atoms with Gasteiger partial charge in [-0.05, 0) is 41.5 Å². The van der Waals surface area contributed by atoms with Crippen molar-refractivity contribution in [1.29, 1.82) is 0 Å². The van der Waals surface area contributed by atoms with Gasteiger partial charge in [-0.2, -0.15) is 12.7 Å². The topological polar surface area (TPSA) is 105 Å². The first kappa shape index (κ1) is 20.7. The Labute approximate surface area is 143 Å². The number of nitrogens with zero attached hydrogens (tertiary/aromatic N) is 2. The Bertz CT molecular complexity index is 542. The van der Waals surface area contributed by atoms with E-state index >= 15 is 0 Å². The van der Waals surface area contributed by atoms with Gasteiger partial charge in [-0.3, -0.25) is 0 Å². The lowest BCUT2D eigenvalue weighted by Gasteiger charge is -2.33. The average molecular weight is 365 g/mol. The molecule has 1 N–H and O–H groups in total. The van der Waals surface area contributed by atoms with Crippen molar-refractivity contribution in [3.05, 3.63) is 0 Å². The van der Waals surface area contributed by atoms with Gasteiger partial charge in [-0.25, -0.2) is 9.59 Å². The molecule has 2 amide bonds. The molecule has 0 atom stereocenters. The molecule has 0 aromatic carbocycles. The van der Waals surface area contributed by atoms with Gasteiger partial charge in [0.1, 0.15) is 11.2 Å². The summed E-state index contributed by atoms with van der Waals surface area (Å²) >= 11 is 0. The second-order valence-corrected chi connectivity index (χ2v) is 9.16. The molecule has 0 aliphatic carbocycles. The Morgan fingerprint density at radius 1 is 0.917 bits per heavy atom. The van der Waals surface area contributed by atoms with Crippen molar-refractivity contribution >= 4 is 22.4 Å². The van der Waals surface area contributed by atoms with E-state index in [-0.39, 0.29) is 17.4 Å². The van der Waals surface area contributed by atoms with Crippen molar-refractivity contribution in [3.63, 3.8) is 0 Å². The van der Waals surface area contributed by atoms with Gasteiger partial charge in [0, 0.05) is 26.2 Å². The van der Waals surface area contributed by atoms with Crippen LogP contribution in [0.1, 0.15) is 41.5 Å². The van der Waals surface area contributed by atoms with Crippen molar-refractivity contribution in [3.8, 4) is 0 Å². The van der Waals surface area contributed by atoms with Crippen LogP contribution in [-0.4, -0.2) is 66.6 Å². The largest absolute Gasteiger partial charge is 0.443 e. The zero-order chi connectivity index (χ0) is 18.8. The molecule has 24 heavy (non-hydrogen) atoms. The van der Waals surface area contributed by atoms with E-state index in [0.29, 0.717) is 13.1 Å². The maximum atomic E-state index is 12.8. The Hall–Kier alpha value is -1.39. The third kappa shape index (κ3) is 5.91. The zero-order valence-corrected chi connectivity index (χ0v) is 15.9. The fourth-order valence-corrected chi connectivity index (χ4v) is 3.19. The van der Waals surface area contributed by atoms with E-state index < -0.39 is 33.6 Å². The molecule has 0 unspecified atom stereocenters. The van der Waals surface area contributed by atoms with E-state index in [1.807, 2.05) is 0 Å². The highest BCUT2D eigenvalue weighted by molar-refractivity contribution is 7.87. The summed E-state index contributed by atoms with van der Waals surface area (Å²) in [5, 5.41) is 3.00. The number of rotatable bonds is 2. The molecule has 1 aliphatic heterocycles. The molecule has 1 rings (SSSR count). The van der Waals surface area contributed by atoms with Crippen LogP contribution in [0.15, 0.2) is 0 Å². The summed E-state index contributed by atoms with van der Waals surface area (Å²) in [5.41, 5.74) is -1.92. The maximum absolute atomic E-state index is 12.8. The van der Waals surface area contributed by atoms with Crippen molar-refractivity contribution in [2.45, 2.75) is 52.7 Å². The minimum atomic E-state index is -4.39. The van der Waals surface area contributed by atoms with E-state index in [1.54, 1.807) is 41.5 Å². The van der Waals surface area contributed by atoms with Crippen molar-refractivity contribution in [2.75, 3.05) is 26.2 Å². The zero-order valence-electron chi connectivity index (χ0n) is 15.1. The molecule has 0 aromatic heterocycles. The van der Waals surface area contributed by atoms with Gasteiger partial charge in [0.2, 0.25) is 0 Å². The molecule has 1 saturated heterocycles. The molecule has 10 heteroatoms. The number of piperazine rings is 1. The third-order valence-corrected chi connectivity index (χ3v) is 4.53. The SMILES string of the molecule is CC(C)(C)OC(=O)N(C(=O)OC(C)(C)C)S(=O)(=O)N1CCNCC1. The fraction of sp³-hybridized carbons (Fsp3) is 0.857. The molecule has 1 fully saturated rings. The van der Waals surface area contributed by atoms with E-state index in [0.717, 1.165) is 4.31 Å². The molecule has 0 radical (unpaired) electrons. The average Bonchev–Trinajstić information content (AvgIpc) is 2.34. The third-order valence-electron chi connectivity index (χ3n) is 2.75. The second-order valence-electron chi connectivity index (χ2n) is 7.38. The first-order valence-electron chi connectivity index (χ1n) is 7.71. The number of hydrogen-bond acceptors (Lipinski definition) is 7. The Balaban J connectivity index is 3.16. The first-order chi connectivity index (χ1) is 10.7. The second kappa shape index (κ2) is 7.24. The number of nitrogens with one attached hydrogen (secondary N) is 1. The number of hydrogen-bond donors (Lipinski definition) is 1. The van der Waals surface area contributed by atoms with Gasteiger partial charge in [0.15, 0.2) is 0 Å². The lowest BCUT2D eigenvalue weighted by Crippen LogP contribution is -2.56. The monoisotopic (exact) mass is 365 g/mol. The highest BCUT2D eigenvalue weighted by atomic mass is 32.2.